The highest BCUT2D eigenvalue weighted by Gasteiger charge is 2.09. The quantitative estimate of drug-likeness (QED) is 0.534. The summed E-state index contributed by atoms with van der Waals surface area (Å²) in [5.41, 5.74) is 5.51. The first-order valence-electron chi connectivity index (χ1n) is 8.03. The zero-order chi connectivity index (χ0) is 19.1. The van der Waals surface area contributed by atoms with E-state index in [2.05, 4.69) is 15.8 Å². The van der Waals surface area contributed by atoms with E-state index in [1.54, 1.807) is 6.07 Å². The number of hydrogen-bond acceptors (Lipinski definition) is 4. The van der Waals surface area contributed by atoms with Crippen LogP contribution in [0.15, 0.2) is 41.5 Å². The minimum absolute atomic E-state index is 0.000279. The van der Waals surface area contributed by atoms with E-state index < -0.39 is 5.91 Å². The van der Waals surface area contributed by atoms with Crippen LogP contribution in [0.5, 0.6) is 5.75 Å². The Morgan fingerprint density at radius 3 is 2.65 bits per heavy atom. The van der Waals surface area contributed by atoms with Crippen molar-refractivity contribution in [2.45, 2.75) is 26.7 Å². The standard InChI is InChI=1S/C19H20ClN3O3/c1-12-4-3-5-16(13(12)2)22-18(25)8-9-19(26)23-21-11-14-10-15(20)6-7-17(14)24/h3-7,10-11,24H,8-9H2,1-2H3,(H,22,25)(H,23,26)/b21-11+. The zero-order valence-electron chi connectivity index (χ0n) is 14.5. The van der Waals surface area contributed by atoms with E-state index in [1.165, 1.54) is 18.3 Å². The van der Waals surface area contributed by atoms with Gasteiger partial charge in [-0.25, -0.2) is 5.43 Å². The van der Waals surface area contributed by atoms with E-state index >= 15 is 0 Å². The molecule has 0 radical (unpaired) electrons. The summed E-state index contributed by atoms with van der Waals surface area (Å²) in [6, 6.07) is 10.1. The summed E-state index contributed by atoms with van der Waals surface area (Å²) in [6.07, 6.45) is 1.32. The highest BCUT2D eigenvalue weighted by molar-refractivity contribution is 6.30. The Morgan fingerprint density at radius 2 is 1.88 bits per heavy atom. The number of anilines is 1. The molecule has 0 heterocycles. The second-order valence-corrected chi connectivity index (χ2v) is 6.23. The molecule has 26 heavy (non-hydrogen) atoms. The van der Waals surface area contributed by atoms with Crippen molar-refractivity contribution in [2.24, 2.45) is 5.10 Å². The number of nitrogens with zero attached hydrogens (tertiary/aromatic N) is 1. The fraction of sp³-hybridized carbons (Fsp3) is 0.211. The van der Waals surface area contributed by atoms with Crippen LogP contribution in [-0.4, -0.2) is 23.1 Å². The van der Waals surface area contributed by atoms with E-state index in [4.69, 9.17) is 11.6 Å². The van der Waals surface area contributed by atoms with Gasteiger partial charge in [0.05, 0.1) is 6.21 Å². The second kappa shape index (κ2) is 9.01. The van der Waals surface area contributed by atoms with Crippen molar-refractivity contribution in [3.8, 4) is 5.75 Å². The van der Waals surface area contributed by atoms with Gasteiger partial charge in [0.25, 0.3) is 0 Å². The number of aryl methyl sites for hydroxylation is 1. The maximum absolute atomic E-state index is 12.0. The topological polar surface area (TPSA) is 90.8 Å². The van der Waals surface area contributed by atoms with Gasteiger partial charge < -0.3 is 10.4 Å². The minimum Gasteiger partial charge on any atom is -0.507 e. The highest BCUT2D eigenvalue weighted by Crippen LogP contribution is 2.19. The number of rotatable bonds is 6. The molecule has 2 aromatic rings. The average Bonchev–Trinajstić information content (AvgIpc) is 2.60. The van der Waals surface area contributed by atoms with Gasteiger partial charge in [-0.2, -0.15) is 5.10 Å². The van der Waals surface area contributed by atoms with Crippen LogP contribution in [0, 0.1) is 13.8 Å². The lowest BCUT2D eigenvalue weighted by molar-refractivity contribution is -0.124. The van der Waals surface area contributed by atoms with Gasteiger partial charge in [-0.3, -0.25) is 9.59 Å². The Hall–Kier alpha value is -2.86. The lowest BCUT2D eigenvalue weighted by Gasteiger charge is -2.10. The number of carbonyl (C=O) groups is 2. The first kappa shape index (κ1) is 19.5. The predicted octanol–water partition coefficient (Wildman–Crippen LogP) is 3.53. The molecule has 0 spiro atoms. The zero-order valence-corrected chi connectivity index (χ0v) is 15.3. The first-order chi connectivity index (χ1) is 12.4. The third-order valence-corrected chi connectivity index (χ3v) is 4.08. The fourth-order valence-electron chi connectivity index (χ4n) is 2.18. The van der Waals surface area contributed by atoms with Crippen molar-refractivity contribution in [1.29, 1.82) is 0 Å². The minimum atomic E-state index is -0.404. The van der Waals surface area contributed by atoms with Gasteiger partial charge in [0.1, 0.15) is 5.75 Å². The number of amides is 2. The molecule has 0 aromatic heterocycles. The average molecular weight is 374 g/mol. The number of halogens is 1. The summed E-state index contributed by atoms with van der Waals surface area (Å²) in [5.74, 6) is -0.649. The van der Waals surface area contributed by atoms with Crippen molar-refractivity contribution in [2.75, 3.05) is 5.32 Å². The Bertz CT molecular complexity index is 850. The maximum atomic E-state index is 12.0. The molecule has 0 aliphatic carbocycles. The molecule has 2 aromatic carbocycles. The lowest BCUT2D eigenvalue weighted by Crippen LogP contribution is -2.21. The number of hydrogen-bond donors (Lipinski definition) is 3. The summed E-state index contributed by atoms with van der Waals surface area (Å²) in [7, 11) is 0. The van der Waals surface area contributed by atoms with Crippen LogP contribution in [0.25, 0.3) is 0 Å². The molecule has 0 aliphatic rings. The second-order valence-electron chi connectivity index (χ2n) is 5.79. The van der Waals surface area contributed by atoms with Crippen LogP contribution in [-0.2, 0) is 9.59 Å². The van der Waals surface area contributed by atoms with E-state index in [-0.39, 0.29) is 24.5 Å². The van der Waals surface area contributed by atoms with Gasteiger partial charge in [0.2, 0.25) is 11.8 Å². The van der Waals surface area contributed by atoms with E-state index in [1.807, 2.05) is 32.0 Å². The molecule has 6 nitrogen and oxygen atoms in total. The summed E-state index contributed by atoms with van der Waals surface area (Å²) in [5, 5.41) is 16.6. The molecule has 0 bridgehead atoms. The molecule has 0 aliphatic heterocycles. The molecule has 0 unspecified atom stereocenters. The Kier molecular flexibility index (Phi) is 6.74. The van der Waals surface area contributed by atoms with Crippen LogP contribution >= 0.6 is 11.6 Å². The molecule has 136 valence electrons. The van der Waals surface area contributed by atoms with Crippen molar-refractivity contribution < 1.29 is 14.7 Å². The Morgan fingerprint density at radius 1 is 1.15 bits per heavy atom. The maximum Gasteiger partial charge on any atom is 0.240 e. The van der Waals surface area contributed by atoms with Gasteiger partial charge in [0.15, 0.2) is 0 Å². The third-order valence-electron chi connectivity index (χ3n) is 3.84. The number of benzene rings is 2. The molecule has 2 rings (SSSR count). The molecule has 0 fully saturated rings. The van der Waals surface area contributed by atoms with E-state index in [9.17, 15) is 14.7 Å². The van der Waals surface area contributed by atoms with Gasteiger partial charge in [-0.1, -0.05) is 23.7 Å². The Balaban J connectivity index is 1.81. The van der Waals surface area contributed by atoms with Gasteiger partial charge in [-0.15, -0.1) is 0 Å². The van der Waals surface area contributed by atoms with Crippen molar-refractivity contribution in [1.82, 2.24) is 5.43 Å². The normalized spacial score (nSPS) is 10.7. The number of hydrazone groups is 1. The molecular weight excluding hydrogens is 354 g/mol. The lowest BCUT2D eigenvalue weighted by atomic mass is 10.1. The van der Waals surface area contributed by atoms with Crippen molar-refractivity contribution in [3.63, 3.8) is 0 Å². The summed E-state index contributed by atoms with van der Waals surface area (Å²) in [4.78, 5) is 23.8. The smallest absolute Gasteiger partial charge is 0.240 e. The molecule has 0 atom stereocenters. The van der Waals surface area contributed by atoms with Crippen molar-refractivity contribution >= 4 is 35.3 Å². The largest absolute Gasteiger partial charge is 0.507 e. The molecule has 7 heteroatoms. The molecule has 3 N–H and O–H groups in total. The van der Waals surface area contributed by atoms with Gasteiger partial charge in [-0.05, 0) is 49.2 Å². The summed E-state index contributed by atoms with van der Waals surface area (Å²) >= 11 is 5.83. The Labute approximate surface area is 156 Å². The van der Waals surface area contributed by atoms with Crippen molar-refractivity contribution in [3.05, 3.63) is 58.1 Å². The summed E-state index contributed by atoms with van der Waals surface area (Å²) < 4.78 is 0. The number of phenols is 1. The number of aromatic hydroxyl groups is 1. The SMILES string of the molecule is Cc1cccc(NC(=O)CCC(=O)N/N=C/c2cc(Cl)ccc2O)c1C. The predicted molar refractivity (Wildman–Crippen MR) is 103 cm³/mol. The van der Waals surface area contributed by atoms with Crippen LogP contribution in [0.3, 0.4) is 0 Å². The molecular formula is C19H20ClN3O3. The number of phenolic OH excluding ortho intramolecular Hbond substituents is 1. The van der Waals surface area contributed by atoms with Gasteiger partial charge >= 0.3 is 0 Å². The van der Waals surface area contributed by atoms with Gasteiger partial charge in [0, 0.05) is 29.1 Å². The molecule has 0 saturated carbocycles. The third kappa shape index (κ3) is 5.60. The number of nitrogens with one attached hydrogen (secondary N) is 2. The van der Waals surface area contributed by atoms with E-state index in [0.29, 0.717) is 10.6 Å². The van der Waals surface area contributed by atoms with Crippen LogP contribution in [0.4, 0.5) is 5.69 Å². The molecule has 0 saturated heterocycles. The number of carbonyl (C=O) groups excluding carboxylic acids is 2. The molecule has 2 amide bonds. The highest BCUT2D eigenvalue weighted by atomic mass is 35.5. The first-order valence-corrected chi connectivity index (χ1v) is 8.41. The fourth-order valence-corrected chi connectivity index (χ4v) is 2.37. The monoisotopic (exact) mass is 373 g/mol. The van der Waals surface area contributed by atoms with Crippen LogP contribution in [0.1, 0.15) is 29.5 Å². The summed E-state index contributed by atoms with van der Waals surface area (Å²) in [6.45, 7) is 3.89. The van der Waals surface area contributed by atoms with E-state index in [0.717, 1.165) is 16.8 Å². The van der Waals surface area contributed by atoms with Crippen LogP contribution in [0.2, 0.25) is 5.02 Å². The van der Waals surface area contributed by atoms with Crippen LogP contribution < -0.4 is 10.7 Å².